The molecule has 0 aromatic carbocycles. The number of nitrogens with zero attached hydrogens (tertiary/aromatic N) is 1. The molecule has 3 heteroatoms. The van der Waals surface area contributed by atoms with Gasteiger partial charge in [-0.2, -0.15) is 0 Å². The maximum atomic E-state index is 13.0. The minimum absolute atomic E-state index is 0.486. The van der Waals surface area contributed by atoms with Gasteiger partial charge in [0.15, 0.2) is 0 Å². The maximum Gasteiger partial charge on any atom is 0.122 e. The van der Waals surface area contributed by atoms with Crippen LogP contribution in [0.2, 0.25) is 0 Å². The van der Waals surface area contributed by atoms with Crippen molar-refractivity contribution in [3.63, 3.8) is 0 Å². The lowest BCUT2D eigenvalue weighted by atomic mass is 10.1. The Balaban J connectivity index is 2.38. The van der Waals surface area contributed by atoms with Crippen molar-refractivity contribution in [2.45, 2.75) is 19.0 Å². The predicted molar refractivity (Wildman–Crippen MR) is 34.8 cm³/mol. The molecule has 0 spiro atoms. The van der Waals surface area contributed by atoms with E-state index in [4.69, 9.17) is 5.73 Å². The van der Waals surface area contributed by atoms with Gasteiger partial charge in [-0.15, -0.1) is 0 Å². The van der Waals surface area contributed by atoms with Gasteiger partial charge in [0.1, 0.15) is 5.67 Å². The third-order valence-corrected chi connectivity index (χ3v) is 1.76. The second-order valence-electron chi connectivity index (χ2n) is 2.90. The Morgan fingerprint density at radius 1 is 1.78 bits per heavy atom. The van der Waals surface area contributed by atoms with Crippen molar-refractivity contribution in [3.05, 3.63) is 0 Å². The summed E-state index contributed by atoms with van der Waals surface area (Å²) in [5, 5.41) is 0. The first-order valence-electron chi connectivity index (χ1n) is 3.25. The Bertz CT molecular complexity index is 103. The smallest absolute Gasteiger partial charge is 0.122 e. The van der Waals surface area contributed by atoms with E-state index in [1.54, 1.807) is 6.92 Å². The molecule has 0 amide bonds. The fraction of sp³-hybridized carbons (Fsp3) is 1.00. The summed E-state index contributed by atoms with van der Waals surface area (Å²) < 4.78 is 13.0. The van der Waals surface area contributed by atoms with Crippen molar-refractivity contribution in [1.82, 2.24) is 4.90 Å². The SMILES string of the molecule is CC1(F)CCN(CN)C1. The normalized spacial score (nSPS) is 37.7. The lowest BCUT2D eigenvalue weighted by Gasteiger charge is -2.13. The highest BCUT2D eigenvalue weighted by Crippen LogP contribution is 2.23. The van der Waals surface area contributed by atoms with Crippen molar-refractivity contribution in [2.75, 3.05) is 19.8 Å². The van der Waals surface area contributed by atoms with Crippen LogP contribution in [-0.4, -0.2) is 30.3 Å². The second kappa shape index (κ2) is 2.23. The van der Waals surface area contributed by atoms with Crippen LogP contribution in [0.4, 0.5) is 4.39 Å². The molecule has 1 heterocycles. The van der Waals surface area contributed by atoms with Gasteiger partial charge in [0.25, 0.3) is 0 Å². The van der Waals surface area contributed by atoms with Gasteiger partial charge >= 0.3 is 0 Å². The van der Waals surface area contributed by atoms with Gasteiger partial charge in [0, 0.05) is 19.8 Å². The third-order valence-electron chi connectivity index (χ3n) is 1.76. The zero-order valence-corrected chi connectivity index (χ0v) is 5.73. The molecule has 1 fully saturated rings. The molecular formula is C6H13FN2. The fourth-order valence-corrected chi connectivity index (χ4v) is 1.17. The molecule has 1 atom stereocenters. The van der Waals surface area contributed by atoms with Gasteiger partial charge in [-0.05, 0) is 13.3 Å². The molecule has 0 aliphatic carbocycles. The predicted octanol–water partition coefficient (Wildman–Crippen LogP) is 0.337. The highest BCUT2D eigenvalue weighted by Gasteiger charge is 2.32. The van der Waals surface area contributed by atoms with Crippen LogP contribution in [0, 0.1) is 0 Å². The molecule has 0 aromatic rings. The summed E-state index contributed by atoms with van der Waals surface area (Å²) in [5.74, 6) is 0. The first-order chi connectivity index (χ1) is 4.14. The molecule has 0 radical (unpaired) electrons. The summed E-state index contributed by atoms with van der Waals surface area (Å²) in [6.07, 6.45) is 0.629. The summed E-state index contributed by atoms with van der Waals surface area (Å²) in [6, 6.07) is 0. The van der Waals surface area contributed by atoms with Crippen LogP contribution < -0.4 is 5.73 Å². The van der Waals surface area contributed by atoms with E-state index >= 15 is 0 Å². The van der Waals surface area contributed by atoms with E-state index in [0.717, 1.165) is 6.54 Å². The highest BCUT2D eigenvalue weighted by molar-refractivity contribution is 4.85. The van der Waals surface area contributed by atoms with Crippen LogP contribution in [0.5, 0.6) is 0 Å². The molecule has 0 bridgehead atoms. The number of halogens is 1. The topological polar surface area (TPSA) is 29.3 Å². The Hall–Kier alpha value is -0.150. The minimum Gasteiger partial charge on any atom is -0.318 e. The number of nitrogens with two attached hydrogens (primary N) is 1. The van der Waals surface area contributed by atoms with Gasteiger partial charge in [-0.3, -0.25) is 4.90 Å². The first-order valence-corrected chi connectivity index (χ1v) is 3.25. The lowest BCUT2D eigenvalue weighted by molar-refractivity contribution is 0.190. The van der Waals surface area contributed by atoms with Gasteiger partial charge in [0.05, 0.1) is 0 Å². The minimum atomic E-state index is -0.987. The van der Waals surface area contributed by atoms with E-state index < -0.39 is 5.67 Å². The molecule has 1 aliphatic heterocycles. The zero-order chi connectivity index (χ0) is 6.91. The van der Waals surface area contributed by atoms with Gasteiger partial charge < -0.3 is 5.73 Å². The Kier molecular flexibility index (Phi) is 1.73. The largest absolute Gasteiger partial charge is 0.318 e. The van der Waals surface area contributed by atoms with Crippen LogP contribution in [0.15, 0.2) is 0 Å². The van der Waals surface area contributed by atoms with Crippen LogP contribution in [-0.2, 0) is 0 Å². The number of rotatable bonds is 1. The summed E-state index contributed by atoms with van der Waals surface area (Å²) >= 11 is 0. The van der Waals surface area contributed by atoms with Crippen LogP contribution in [0.1, 0.15) is 13.3 Å². The molecule has 2 N–H and O–H groups in total. The Labute approximate surface area is 54.8 Å². The van der Waals surface area contributed by atoms with Crippen LogP contribution >= 0.6 is 0 Å². The molecule has 1 aliphatic rings. The van der Waals surface area contributed by atoms with E-state index in [9.17, 15) is 4.39 Å². The quantitative estimate of drug-likeness (QED) is 0.557. The number of hydrogen-bond acceptors (Lipinski definition) is 2. The van der Waals surface area contributed by atoms with E-state index in [0.29, 0.717) is 19.6 Å². The Morgan fingerprint density at radius 3 is 2.67 bits per heavy atom. The van der Waals surface area contributed by atoms with Crippen LogP contribution in [0.25, 0.3) is 0 Å². The summed E-state index contributed by atoms with van der Waals surface area (Å²) in [6.45, 7) is 3.43. The number of alkyl halides is 1. The van der Waals surface area contributed by atoms with Crippen molar-refractivity contribution in [3.8, 4) is 0 Å². The summed E-state index contributed by atoms with van der Waals surface area (Å²) in [7, 11) is 0. The van der Waals surface area contributed by atoms with E-state index in [2.05, 4.69) is 0 Å². The number of hydrogen-bond donors (Lipinski definition) is 1. The first kappa shape index (κ1) is 6.96. The molecule has 54 valence electrons. The maximum absolute atomic E-state index is 13.0. The highest BCUT2D eigenvalue weighted by atomic mass is 19.1. The lowest BCUT2D eigenvalue weighted by Crippen LogP contribution is -2.30. The molecule has 9 heavy (non-hydrogen) atoms. The molecular weight excluding hydrogens is 119 g/mol. The molecule has 1 unspecified atom stereocenters. The van der Waals surface area contributed by atoms with Gasteiger partial charge in [-0.25, -0.2) is 4.39 Å². The van der Waals surface area contributed by atoms with Crippen molar-refractivity contribution in [2.24, 2.45) is 5.73 Å². The van der Waals surface area contributed by atoms with E-state index in [1.807, 2.05) is 4.90 Å². The van der Waals surface area contributed by atoms with E-state index in [1.165, 1.54) is 0 Å². The molecule has 1 rings (SSSR count). The fourth-order valence-electron chi connectivity index (χ4n) is 1.17. The standard InChI is InChI=1S/C6H13FN2/c1-6(7)2-3-9(4-6)5-8/h2-5,8H2,1H3. The summed E-state index contributed by atoms with van der Waals surface area (Å²) in [4.78, 5) is 1.92. The molecule has 0 saturated carbocycles. The van der Waals surface area contributed by atoms with Crippen LogP contribution in [0.3, 0.4) is 0 Å². The average Bonchev–Trinajstić information content (AvgIpc) is 2.10. The molecule has 1 saturated heterocycles. The van der Waals surface area contributed by atoms with E-state index in [-0.39, 0.29) is 0 Å². The third kappa shape index (κ3) is 1.63. The molecule has 2 nitrogen and oxygen atoms in total. The van der Waals surface area contributed by atoms with Crippen molar-refractivity contribution >= 4 is 0 Å². The van der Waals surface area contributed by atoms with Gasteiger partial charge in [0.2, 0.25) is 0 Å². The Morgan fingerprint density at radius 2 is 2.44 bits per heavy atom. The monoisotopic (exact) mass is 132 g/mol. The average molecular weight is 132 g/mol. The van der Waals surface area contributed by atoms with Gasteiger partial charge in [-0.1, -0.05) is 0 Å². The number of likely N-dealkylation sites (tertiary alicyclic amines) is 1. The second-order valence-corrected chi connectivity index (χ2v) is 2.90. The zero-order valence-electron chi connectivity index (χ0n) is 5.73. The van der Waals surface area contributed by atoms with Crippen molar-refractivity contribution < 1.29 is 4.39 Å². The summed E-state index contributed by atoms with van der Waals surface area (Å²) in [5.41, 5.74) is 4.33. The van der Waals surface area contributed by atoms with Crippen molar-refractivity contribution in [1.29, 1.82) is 0 Å². The molecule has 0 aromatic heterocycles.